The van der Waals surface area contributed by atoms with Crippen molar-refractivity contribution in [2.75, 3.05) is 5.32 Å². The number of halogens is 2. The van der Waals surface area contributed by atoms with E-state index in [9.17, 15) is 8.78 Å². The number of nitrogens with one attached hydrogen (secondary N) is 1. The Labute approximate surface area is 124 Å². The van der Waals surface area contributed by atoms with Crippen molar-refractivity contribution in [1.29, 1.82) is 0 Å². The van der Waals surface area contributed by atoms with Crippen molar-refractivity contribution < 1.29 is 8.78 Å². The zero-order valence-corrected chi connectivity index (χ0v) is 12.2. The van der Waals surface area contributed by atoms with Crippen molar-refractivity contribution in [3.05, 3.63) is 47.0 Å². The Bertz CT molecular complexity index is 794. The lowest BCUT2D eigenvalue weighted by atomic mass is 10.1. The lowest BCUT2D eigenvalue weighted by Gasteiger charge is -2.02. The molecule has 0 fully saturated rings. The Morgan fingerprint density at radius 3 is 2.76 bits per heavy atom. The molecule has 3 aromatic rings. The van der Waals surface area contributed by atoms with Crippen LogP contribution in [0.3, 0.4) is 0 Å². The van der Waals surface area contributed by atoms with Crippen LogP contribution in [0.4, 0.5) is 19.7 Å². The van der Waals surface area contributed by atoms with Crippen LogP contribution in [0, 0.1) is 18.6 Å². The topological polar surface area (TPSA) is 42.7 Å². The monoisotopic (exact) mass is 306 g/mol. The molecule has 4 nitrogen and oxygen atoms in total. The first-order valence-corrected chi connectivity index (χ1v) is 7.09. The second-order valence-electron chi connectivity index (χ2n) is 4.58. The minimum Gasteiger partial charge on any atom is -0.316 e. The number of thiazole rings is 1. The van der Waals surface area contributed by atoms with E-state index in [4.69, 9.17) is 0 Å². The Balaban J connectivity index is 1.90. The maximum atomic E-state index is 13.7. The highest BCUT2D eigenvalue weighted by Gasteiger charge is 2.11. The quantitative estimate of drug-likeness (QED) is 0.798. The lowest BCUT2D eigenvalue weighted by molar-refractivity contribution is 0.603. The van der Waals surface area contributed by atoms with Gasteiger partial charge in [0, 0.05) is 24.1 Å². The molecule has 7 heteroatoms. The van der Waals surface area contributed by atoms with Crippen LogP contribution >= 0.6 is 11.3 Å². The van der Waals surface area contributed by atoms with Crippen LogP contribution in [0.2, 0.25) is 0 Å². The summed E-state index contributed by atoms with van der Waals surface area (Å²) in [6.45, 7) is 1.89. The van der Waals surface area contributed by atoms with Crippen LogP contribution in [0.5, 0.6) is 0 Å². The van der Waals surface area contributed by atoms with Crippen molar-refractivity contribution in [2.45, 2.75) is 6.92 Å². The predicted molar refractivity (Wildman–Crippen MR) is 78.7 cm³/mol. The van der Waals surface area contributed by atoms with E-state index >= 15 is 0 Å². The molecule has 0 amide bonds. The number of benzene rings is 1. The standard InChI is InChI=1S/C14H12F2N4S/c1-8-5-13(20(2)19-8)18-14-17-12(7-21-14)10-6-9(15)3-4-11(10)16/h3-7H,1-2H3,(H,17,18). The molecule has 1 aromatic carbocycles. The van der Waals surface area contributed by atoms with Crippen LogP contribution in [-0.2, 0) is 7.05 Å². The summed E-state index contributed by atoms with van der Waals surface area (Å²) in [5.74, 6) is -0.200. The van der Waals surface area contributed by atoms with E-state index in [1.165, 1.54) is 11.3 Å². The van der Waals surface area contributed by atoms with E-state index in [1.54, 1.807) is 10.1 Å². The molecule has 0 saturated carbocycles. The van der Waals surface area contributed by atoms with E-state index in [0.717, 1.165) is 29.7 Å². The number of anilines is 2. The Morgan fingerprint density at radius 1 is 1.24 bits per heavy atom. The molecule has 0 saturated heterocycles. The molecule has 21 heavy (non-hydrogen) atoms. The predicted octanol–water partition coefficient (Wildman–Crippen LogP) is 3.87. The molecule has 108 valence electrons. The first-order chi connectivity index (χ1) is 10.0. The summed E-state index contributed by atoms with van der Waals surface area (Å²) < 4.78 is 28.6. The maximum absolute atomic E-state index is 13.7. The molecule has 0 unspecified atom stereocenters. The zero-order chi connectivity index (χ0) is 15.0. The minimum absolute atomic E-state index is 0.153. The van der Waals surface area contributed by atoms with Crippen molar-refractivity contribution in [2.24, 2.45) is 7.05 Å². The fraction of sp³-hybridized carbons (Fsp3) is 0.143. The average Bonchev–Trinajstić information content (AvgIpc) is 3.00. The summed E-state index contributed by atoms with van der Waals surface area (Å²) in [6.07, 6.45) is 0. The van der Waals surface area contributed by atoms with Gasteiger partial charge < -0.3 is 5.32 Å². The second-order valence-corrected chi connectivity index (χ2v) is 5.44. The number of hydrogen-bond donors (Lipinski definition) is 1. The van der Waals surface area contributed by atoms with Gasteiger partial charge in [-0.05, 0) is 25.1 Å². The molecular weight excluding hydrogens is 294 g/mol. The van der Waals surface area contributed by atoms with Gasteiger partial charge in [0.1, 0.15) is 17.5 Å². The Hall–Kier alpha value is -2.28. The summed E-state index contributed by atoms with van der Waals surface area (Å²) in [4.78, 5) is 4.29. The van der Waals surface area contributed by atoms with Gasteiger partial charge in [-0.25, -0.2) is 13.8 Å². The molecule has 0 spiro atoms. The number of hydrogen-bond acceptors (Lipinski definition) is 4. The van der Waals surface area contributed by atoms with Crippen molar-refractivity contribution in [3.8, 4) is 11.3 Å². The number of rotatable bonds is 3. The first kappa shape index (κ1) is 13.7. The van der Waals surface area contributed by atoms with Crippen molar-refractivity contribution in [1.82, 2.24) is 14.8 Å². The third-order valence-electron chi connectivity index (χ3n) is 2.95. The highest BCUT2D eigenvalue weighted by molar-refractivity contribution is 7.14. The molecule has 3 rings (SSSR count). The van der Waals surface area contributed by atoms with Gasteiger partial charge in [0.25, 0.3) is 0 Å². The van der Waals surface area contributed by atoms with E-state index in [1.807, 2.05) is 20.0 Å². The minimum atomic E-state index is -0.496. The third kappa shape index (κ3) is 2.78. The molecular formula is C14H12F2N4S. The van der Waals surface area contributed by atoms with E-state index in [0.29, 0.717) is 10.8 Å². The van der Waals surface area contributed by atoms with Crippen molar-refractivity contribution in [3.63, 3.8) is 0 Å². The van der Waals surface area contributed by atoms with Gasteiger partial charge in [-0.1, -0.05) is 0 Å². The highest BCUT2D eigenvalue weighted by Crippen LogP contribution is 2.29. The van der Waals surface area contributed by atoms with Crippen LogP contribution < -0.4 is 5.32 Å². The number of nitrogens with zero attached hydrogens (tertiary/aromatic N) is 3. The molecule has 2 heterocycles. The molecule has 0 aliphatic carbocycles. The van der Waals surface area contributed by atoms with Crippen LogP contribution in [0.1, 0.15) is 5.69 Å². The summed E-state index contributed by atoms with van der Waals surface area (Å²) >= 11 is 1.32. The van der Waals surface area contributed by atoms with Gasteiger partial charge in [0.2, 0.25) is 0 Å². The molecule has 1 N–H and O–H groups in total. The van der Waals surface area contributed by atoms with Crippen molar-refractivity contribution >= 4 is 22.3 Å². The molecule has 0 aliphatic rings. The molecule has 0 radical (unpaired) electrons. The fourth-order valence-corrected chi connectivity index (χ4v) is 2.70. The molecule has 0 aliphatic heterocycles. The molecule has 0 bridgehead atoms. The van der Waals surface area contributed by atoms with Gasteiger partial charge >= 0.3 is 0 Å². The van der Waals surface area contributed by atoms with Gasteiger partial charge in [0.15, 0.2) is 5.13 Å². The summed E-state index contributed by atoms with van der Waals surface area (Å²) in [5.41, 5.74) is 1.44. The van der Waals surface area contributed by atoms with Gasteiger partial charge in [0.05, 0.1) is 11.4 Å². The summed E-state index contributed by atoms with van der Waals surface area (Å²) in [5, 5.41) is 9.61. The summed E-state index contributed by atoms with van der Waals surface area (Å²) in [7, 11) is 1.82. The normalized spacial score (nSPS) is 10.9. The van der Waals surface area contributed by atoms with Gasteiger partial charge in [-0.15, -0.1) is 11.3 Å². The number of aryl methyl sites for hydroxylation is 2. The number of aromatic nitrogens is 3. The first-order valence-electron chi connectivity index (χ1n) is 6.21. The SMILES string of the molecule is Cc1cc(Nc2nc(-c3cc(F)ccc3F)cs2)n(C)n1. The van der Waals surface area contributed by atoms with Crippen LogP contribution in [-0.4, -0.2) is 14.8 Å². The summed E-state index contributed by atoms with van der Waals surface area (Å²) in [6, 6.07) is 5.20. The Kier molecular flexibility index (Phi) is 3.42. The smallest absolute Gasteiger partial charge is 0.188 e. The highest BCUT2D eigenvalue weighted by atomic mass is 32.1. The lowest BCUT2D eigenvalue weighted by Crippen LogP contribution is -1.98. The zero-order valence-electron chi connectivity index (χ0n) is 11.4. The van der Waals surface area contributed by atoms with E-state index in [-0.39, 0.29) is 5.56 Å². The molecule has 2 aromatic heterocycles. The largest absolute Gasteiger partial charge is 0.316 e. The van der Waals surface area contributed by atoms with Crippen LogP contribution in [0.15, 0.2) is 29.6 Å². The van der Waals surface area contributed by atoms with Gasteiger partial charge in [-0.2, -0.15) is 5.10 Å². The van der Waals surface area contributed by atoms with E-state index in [2.05, 4.69) is 15.4 Å². The average molecular weight is 306 g/mol. The second kappa shape index (κ2) is 5.25. The van der Waals surface area contributed by atoms with Crippen LogP contribution in [0.25, 0.3) is 11.3 Å². The third-order valence-corrected chi connectivity index (χ3v) is 3.70. The molecule has 0 atom stereocenters. The Morgan fingerprint density at radius 2 is 2.05 bits per heavy atom. The van der Waals surface area contributed by atoms with Gasteiger partial charge in [-0.3, -0.25) is 4.68 Å². The fourth-order valence-electron chi connectivity index (χ4n) is 1.99. The van der Waals surface area contributed by atoms with E-state index < -0.39 is 11.6 Å². The maximum Gasteiger partial charge on any atom is 0.188 e.